The fraction of sp³-hybridized carbons (Fsp3) is 0.727. The van der Waals surface area contributed by atoms with Gasteiger partial charge in [0.05, 0.1) is 6.17 Å². The Morgan fingerprint density at radius 3 is 2.57 bits per heavy atom. The molecule has 0 aliphatic carbocycles. The highest BCUT2D eigenvalue weighted by Crippen LogP contribution is 2.12. The summed E-state index contributed by atoms with van der Waals surface area (Å²) in [5.41, 5.74) is 6.39. The van der Waals surface area contributed by atoms with Crippen molar-refractivity contribution in [2.24, 2.45) is 10.7 Å². The number of piperidine rings is 1. The highest BCUT2D eigenvalue weighted by atomic mass is 15.2. The predicted octanol–water partition coefficient (Wildman–Crippen LogP) is 1.75. The van der Waals surface area contributed by atoms with E-state index in [9.17, 15) is 0 Å². The predicted molar refractivity (Wildman–Crippen MR) is 61.3 cm³/mol. The van der Waals surface area contributed by atoms with E-state index < -0.39 is 0 Å². The van der Waals surface area contributed by atoms with Crippen LogP contribution in [0.3, 0.4) is 0 Å². The normalized spacial score (nSPS) is 22.9. The van der Waals surface area contributed by atoms with Crippen molar-refractivity contribution >= 4 is 6.21 Å². The van der Waals surface area contributed by atoms with Crippen molar-refractivity contribution in [2.75, 3.05) is 13.1 Å². The van der Waals surface area contributed by atoms with Crippen LogP contribution >= 0.6 is 0 Å². The molecule has 0 aromatic carbocycles. The van der Waals surface area contributed by atoms with Gasteiger partial charge < -0.3 is 5.73 Å². The Morgan fingerprint density at radius 2 is 2.00 bits per heavy atom. The van der Waals surface area contributed by atoms with E-state index in [-0.39, 0.29) is 6.17 Å². The molecule has 2 N–H and O–H groups in total. The molecule has 0 amide bonds. The molecule has 1 atom stereocenters. The van der Waals surface area contributed by atoms with Crippen molar-refractivity contribution in [1.82, 2.24) is 4.90 Å². The number of likely N-dealkylation sites (tertiary alicyclic amines) is 1. The van der Waals surface area contributed by atoms with E-state index in [1.165, 1.54) is 32.4 Å². The summed E-state index contributed by atoms with van der Waals surface area (Å²) in [5, 5.41) is 0. The lowest BCUT2D eigenvalue weighted by Gasteiger charge is -2.29. The third-order valence-electron chi connectivity index (χ3n) is 2.69. The Balaban J connectivity index is 2.39. The molecule has 0 saturated carbocycles. The Hall–Kier alpha value is -0.830. The molecule has 1 aliphatic heterocycles. The van der Waals surface area contributed by atoms with E-state index in [0.29, 0.717) is 0 Å². The first-order valence-corrected chi connectivity index (χ1v) is 5.43. The van der Waals surface area contributed by atoms with Crippen molar-refractivity contribution in [3.8, 4) is 0 Å². The maximum atomic E-state index is 5.64. The van der Waals surface area contributed by atoms with Crippen LogP contribution in [-0.2, 0) is 0 Å². The van der Waals surface area contributed by atoms with E-state index in [1.54, 1.807) is 6.21 Å². The molecule has 1 unspecified atom stereocenters. The minimum Gasteiger partial charge on any atom is -0.398 e. The van der Waals surface area contributed by atoms with Gasteiger partial charge in [-0.15, -0.1) is 0 Å². The second-order valence-electron chi connectivity index (χ2n) is 3.80. The Morgan fingerprint density at radius 1 is 1.36 bits per heavy atom. The van der Waals surface area contributed by atoms with Gasteiger partial charge in [0.2, 0.25) is 0 Å². The first-order valence-electron chi connectivity index (χ1n) is 5.43. The summed E-state index contributed by atoms with van der Waals surface area (Å²) < 4.78 is 0. The van der Waals surface area contributed by atoms with Gasteiger partial charge in [0.1, 0.15) is 0 Å². The number of hydrogen-bond donors (Lipinski definition) is 1. The second kappa shape index (κ2) is 5.81. The van der Waals surface area contributed by atoms with Gasteiger partial charge in [0.25, 0.3) is 0 Å². The number of nitrogens with zero attached hydrogens (tertiary/aromatic N) is 2. The fourth-order valence-electron chi connectivity index (χ4n) is 1.65. The topological polar surface area (TPSA) is 41.6 Å². The first kappa shape index (κ1) is 11.2. The van der Waals surface area contributed by atoms with Crippen LogP contribution in [0.15, 0.2) is 16.8 Å². The van der Waals surface area contributed by atoms with Crippen molar-refractivity contribution < 1.29 is 0 Å². The van der Waals surface area contributed by atoms with Crippen LogP contribution in [0.1, 0.15) is 33.1 Å². The summed E-state index contributed by atoms with van der Waals surface area (Å²) >= 11 is 0. The van der Waals surface area contributed by atoms with Crippen LogP contribution in [0.4, 0.5) is 0 Å². The number of aliphatic imine (C=N–C) groups is 1. The van der Waals surface area contributed by atoms with Gasteiger partial charge in [-0.2, -0.15) is 0 Å². The first-order chi connectivity index (χ1) is 6.74. The maximum absolute atomic E-state index is 5.64. The molecule has 1 heterocycles. The largest absolute Gasteiger partial charge is 0.398 e. The summed E-state index contributed by atoms with van der Waals surface area (Å²) in [4.78, 5) is 6.83. The molecule has 0 radical (unpaired) electrons. The summed E-state index contributed by atoms with van der Waals surface area (Å²) in [6.45, 7) is 6.40. The summed E-state index contributed by atoms with van der Waals surface area (Å²) in [5.74, 6) is 0. The van der Waals surface area contributed by atoms with Crippen LogP contribution < -0.4 is 5.73 Å². The van der Waals surface area contributed by atoms with Gasteiger partial charge in [-0.25, -0.2) is 0 Å². The molecule has 0 aromatic rings. The van der Waals surface area contributed by atoms with Crippen LogP contribution in [0.2, 0.25) is 0 Å². The lowest BCUT2D eigenvalue weighted by atomic mass is 10.1. The SMILES string of the molecule is C/C=C(N)\C=N/C(C)N1CCCCC1. The average Bonchev–Trinajstić information content (AvgIpc) is 2.26. The van der Waals surface area contributed by atoms with Crippen LogP contribution in [-0.4, -0.2) is 30.4 Å². The molecule has 0 bridgehead atoms. The van der Waals surface area contributed by atoms with E-state index in [4.69, 9.17) is 5.73 Å². The van der Waals surface area contributed by atoms with Gasteiger partial charge in [-0.05, 0) is 26.7 Å². The zero-order valence-corrected chi connectivity index (χ0v) is 9.24. The number of nitrogens with two attached hydrogens (primary N) is 1. The average molecular weight is 195 g/mol. The lowest BCUT2D eigenvalue weighted by molar-refractivity contribution is 0.179. The van der Waals surface area contributed by atoms with E-state index in [0.717, 1.165) is 5.70 Å². The van der Waals surface area contributed by atoms with E-state index in [1.807, 2.05) is 13.0 Å². The van der Waals surface area contributed by atoms with Crippen LogP contribution in [0.25, 0.3) is 0 Å². The molecule has 1 fully saturated rings. The standard InChI is InChI=1S/C11H21N3/c1-3-11(12)9-13-10(2)14-7-5-4-6-8-14/h3,9-10H,4-8,12H2,1-2H3/b11-3+,13-9-. The fourth-order valence-corrected chi connectivity index (χ4v) is 1.65. The highest BCUT2D eigenvalue weighted by molar-refractivity contribution is 5.77. The second-order valence-corrected chi connectivity index (χ2v) is 3.80. The van der Waals surface area contributed by atoms with Crippen molar-refractivity contribution in [2.45, 2.75) is 39.3 Å². The van der Waals surface area contributed by atoms with Crippen molar-refractivity contribution in [3.63, 3.8) is 0 Å². The summed E-state index contributed by atoms with van der Waals surface area (Å²) in [6, 6.07) is 0. The van der Waals surface area contributed by atoms with Gasteiger partial charge >= 0.3 is 0 Å². The number of hydrogen-bond acceptors (Lipinski definition) is 3. The third-order valence-corrected chi connectivity index (χ3v) is 2.69. The molecular weight excluding hydrogens is 174 g/mol. The Kier molecular flexibility index (Phi) is 4.66. The molecule has 0 spiro atoms. The minimum atomic E-state index is 0.272. The zero-order chi connectivity index (χ0) is 10.4. The molecule has 14 heavy (non-hydrogen) atoms. The molecule has 3 nitrogen and oxygen atoms in total. The molecule has 3 heteroatoms. The van der Waals surface area contributed by atoms with Crippen LogP contribution in [0, 0.1) is 0 Å². The quantitative estimate of drug-likeness (QED) is 0.697. The molecular formula is C11H21N3. The molecule has 1 rings (SSSR count). The molecule has 1 saturated heterocycles. The van der Waals surface area contributed by atoms with E-state index >= 15 is 0 Å². The lowest BCUT2D eigenvalue weighted by Crippen LogP contribution is -2.36. The monoisotopic (exact) mass is 195 g/mol. The third kappa shape index (κ3) is 3.50. The maximum Gasteiger partial charge on any atom is 0.0991 e. The van der Waals surface area contributed by atoms with Crippen molar-refractivity contribution in [1.29, 1.82) is 0 Å². The van der Waals surface area contributed by atoms with E-state index in [2.05, 4.69) is 16.8 Å². The van der Waals surface area contributed by atoms with Gasteiger partial charge in [-0.1, -0.05) is 12.5 Å². The zero-order valence-electron chi connectivity index (χ0n) is 9.24. The molecule has 1 aliphatic rings. The summed E-state index contributed by atoms with van der Waals surface area (Å²) in [7, 11) is 0. The van der Waals surface area contributed by atoms with Crippen molar-refractivity contribution in [3.05, 3.63) is 11.8 Å². The van der Waals surface area contributed by atoms with Gasteiger partial charge in [0, 0.05) is 25.0 Å². The smallest absolute Gasteiger partial charge is 0.0991 e. The van der Waals surface area contributed by atoms with Gasteiger partial charge in [-0.3, -0.25) is 9.89 Å². The van der Waals surface area contributed by atoms with Crippen LogP contribution in [0.5, 0.6) is 0 Å². The minimum absolute atomic E-state index is 0.272. The molecule has 0 aromatic heterocycles. The Bertz CT molecular complexity index is 215. The Labute approximate surface area is 86.7 Å². The van der Waals surface area contributed by atoms with Gasteiger partial charge in [0.15, 0.2) is 0 Å². The highest BCUT2D eigenvalue weighted by Gasteiger charge is 2.14. The molecule has 80 valence electrons. The number of rotatable bonds is 3. The summed E-state index contributed by atoms with van der Waals surface area (Å²) in [6.07, 6.45) is 7.88. The number of allylic oxidation sites excluding steroid dienone is 2.